The summed E-state index contributed by atoms with van der Waals surface area (Å²) >= 11 is 3.45. The molecule has 4 nitrogen and oxygen atoms in total. The molecule has 0 spiro atoms. The molecule has 0 aliphatic rings. The number of aromatic nitrogens is 2. The summed E-state index contributed by atoms with van der Waals surface area (Å²) < 4.78 is 6.34. The summed E-state index contributed by atoms with van der Waals surface area (Å²) in [5, 5.41) is 4.05. The van der Waals surface area contributed by atoms with E-state index in [1.807, 2.05) is 25.1 Å². The number of hydrogen-bond donors (Lipinski definition) is 1. The van der Waals surface area contributed by atoms with Gasteiger partial charge >= 0.3 is 0 Å². The lowest BCUT2D eigenvalue weighted by molar-refractivity contribution is 0.366. The van der Waals surface area contributed by atoms with Gasteiger partial charge in [0.25, 0.3) is 0 Å². The normalized spacial score (nSPS) is 12.6. The summed E-state index contributed by atoms with van der Waals surface area (Å²) in [7, 11) is 0. The fraction of sp³-hybridized carbons (Fsp3) is 0.429. The monoisotopic (exact) mass is 323 g/mol. The Balaban J connectivity index is 2.12. The Morgan fingerprint density at radius 1 is 1.42 bits per heavy atom. The van der Waals surface area contributed by atoms with Crippen LogP contribution in [0, 0.1) is 12.8 Å². The number of aryl methyl sites for hydroxylation is 2. The standard InChI is InChI=1S/C14H18BrN3O/c1-9(8-16)3-6-13-17-14(18-19-13)12-5-4-11(15)7-10(12)2/h4-5,7,9H,3,6,8,16H2,1-2H3. The summed E-state index contributed by atoms with van der Waals surface area (Å²) in [6.45, 7) is 4.84. The molecule has 0 saturated carbocycles. The van der Waals surface area contributed by atoms with Gasteiger partial charge in [-0.05, 0) is 49.6 Å². The second kappa shape index (κ2) is 6.30. The average molecular weight is 324 g/mol. The second-order valence-electron chi connectivity index (χ2n) is 4.85. The Kier molecular flexibility index (Phi) is 4.71. The molecule has 5 heteroatoms. The quantitative estimate of drug-likeness (QED) is 0.916. The minimum absolute atomic E-state index is 0.477. The minimum Gasteiger partial charge on any atom is -0.339 e. The first-order valence-electron chi connectivity index (χ1n) is 6.39. The SMILES string of the molecule is Cc1cc(Br)ccc1-c1noc(CCC(C)CN)n1. The third-order valence-electron chi connectivity index (χ3n) is 3.15. The van der Waals surface area contributed by atoms with Gasteiger partial charge in [-0.15, -0.1) is 0 Å². The zero-order chi connectivity index (χ0) is 13.8. The first-order valence-corrected chi connectivity index (χ1v) is 7.18. The van der Waals surface area contributed by atoms with E-state index in [4.69, 9.17) is 10.3 Å². The van der Waals surface area contributed by atoms with Crippen molar-refractivity contribution in [2.45, 2.75) is 26.7 Å². The van der Waals surface area contributed by atoms with Crippen LogP contribution in [0.5, 0.6) is 0 Å². The van der Waals surface area contributed by atoms with Crippen LogP contribution >= 0.6 is 15.9 Å². The van der Waals surface area contributed by atoms with Gasteiger partial charge in [0, 0.05) is 16.5 Å². The maximum absolute atomic E-state index is 5.60. The Morgan fingerprint density at radius 3 is 2.89 bits per heavy atom. The van der Waals surface area contributed by atoms with Crippen molar-refractivity contribution >= 4 is 15.9 Å². The van der Waals surface area contributed by atoms with Crippen molar-refractivity contribution in [2.75, 3.05) is 6.54 Å². The van der Waals surface area contributed by atoms with Gasteiger partial charge in [-0.2, -0.15) is 4.98 Å². The van der Waals surface area contributed by atoms with Crippen LogP contribution in [0.1, 0.15) is 24.8 Å². The van der Waals surface area contributed by atoms with E-state index >= 15 is 0 Å². The van der Waals surface area contributed by atoms with Gasteiger partial charge in [0.05, 0.1) is 0 Å². The topological polar surface area (TPSA) is 64.9 Å². The van der Waals surface area contributed by atoms with Crippen LogP contribution in [-0.4, -0.2) is 16.7 Å². The lowest BCUT2D eigenvalue weighted by Gasteiger charge is -2.04. The zero-order valence-electron chi connectivity index (χ0n) is 11.2. The minimum atomic E-state index is 0.477. The van der Waals surface area contributed by atoms with E-state index in [9.17, 15) is 0 Å². The molecule has 0 aliphatic carbocycles. The molecule has 1 unspecified atom stereocenters. The third kappa shape index (κ3) is 3.64. The molecule has 1 heterocycles. The number of halogens is 1. The van der Waals surface area contributed by atoms with Crippen LogP contribution in [-0.2, 0) is 6.42 Å². The first kappa shape index (κ1) is 14.2. The van der Waals surface area contributed by atoms with E-state index in [0.717, 1.165) is 28.4 Å². The van der Waals surface area contributed by atoms with Crippen LogP contribution in [0.25, 0.3) is 11.4 Å². The summed E-state index contributed by atoms with van der Waals surface area (Å²) in [5.41, 5.74) is 7.72. The smallest absolute Gasteiger partial charge is 0.226 e. The molecule has 2 aromatic rings. The van der Waals surface area contributed by atoms with Gasteiger partial charge in [-0.3, -0.25) is 0 Å². The number of nitrogens with zero attached hydrogens (tertiary/aromatic N) is 2. The highest BCUT2D eigenvalue weighted by molar-refractivity contribution is 9.10. The Morgan fingerprint density at radius 2 is 2.21 bits per heavy atom. The van der Waals surface area contributed by atoms with Crippen molar-refractivity contribution in [3.63, 3.8) is 0 Å². The molecule has 2 rings (SSSR count). The molecule has 19 heavy (non-hydrogen) atoms. The van der Waals surface area contributed by atoms with E-state index in [0.29, 0.717) is 24.2 Å². The summed E-state index contributed by atoms with van der Waals surface area (Å²) in [6.07, 6.45) is 1.75. The lowest BCUT2D eigenvalue weighted by Crippen LogP contribution is -2.11. The molecule has 1 aromatic carbocycles. The number of hydrogen-bond acceptors (Lipinski definition) is 4. The van der Waals surface area contributed by atoms with E-state index in [-0.39, 0.29) is 0 Å². The molecule has 0 saturated heterocycles. The molecule has 1 atom stereocenters. The highest BCUT2D eigenvalue weighted by Crippen LogP contribution is 2.24. The van der Waals surface area contributed by atoms with Gasteiger partial charge in [0.2, 0.25) is 11.7 Å². The van der Waals surface area contributed by atoms with Gasteiger partial charge in [0.15, 0.2) is 0 Å². The van der Waals surface area contributed by atoms with Crippen LogP contribution in [0.3, 0.4) is 0 Å². The lowest BCUT2D eigenvalue weighted by atomic mass is 10.1. The van der Waals surface area contributed by atoms with Crippen LogP contribution in [0.2, 0.25) is 0 Å². The predicted molar refractivity (Wildman–Crippen MR) is 78.7 cm³/mol. The molecule has 2 N–H and O–H groups in total. The molecule has 0 aliphatic heterocycles. The van der Waals surface area contributed by atoms with Crippen molar-refractivity contribution in [3.8, 4) is 11.4 Å². The third-order valence-corrected chi connectivity index (χ3v) is 3.64. The Hall–Kier alpha value is -1.20. The Bertz CT molecular complexity index is 553. The number of nitrogens with two attached hydrogens (primary N) is 1. The summed E-state index contributed by atoms with van der Waals surface area (Å²) in [6, 6.07) is 6.02. The van der Waals surface area contributed by atoms with Crippen molar-refractivity contribution in [1.82, 2.24) is 10.1 Å². The first-order chi connectivity index (χ1) is 9.10. The highest BCUT2D eigenvalue weighted by Gasteiger charge is 2.11. The van der Waals surface area contributed by atoms with E-state index in [1.54, 1.807) is 0 Å². The maximum atomic E-state index is 5.60. The zero-order valence-corrected chi connectivity index (χ0v) is 12.8. The van der Waals surface area contributed by atoms with Gasteiger partial charge < -0.3 is 10.3 Å². The molecular formula is C14H18BrN3O. The molecule has 102 valence electrons. The molecule has 0 radical (unpaired) electrons. The van der Waals surface area contributed by atoms with Gasteiger partial charge in [0.1, 0.15) is 0 Å². The molecule has 0 fully saturated rings. The van der Waals surface area contributed by atoms with E-state index in [2.05, 4.69) is 33.0 Å². The molecule has 1 aromatic heterocycles. The number of benzene rings is 1. The number of rotatable bonds is 5. The largest absolute Gasteiger partial charge is 0.339 e. The summed E-state index contributed by atoms with van der Waals surface area (Å²) in [4.78, 5) is 4.44. The highest BCUT2D eigenvalue weighted by atomic mass is 79.9. The Labute approximate surface area is 121 Å². The maximum Gasteiger partial charge on any atom is 0.226 e. The average Bonchev–Trinajstić information content (AvgIpc) is 2.84. The van der Waals surface area contributed by atoms with Crippen LogP contribution in [0.4, 0.5) is 0 Å². The van der Waals surface area contributed by atoms with Crippen molar-refractivity contribution in [2.24, 2.45) is 11.7 Å². The van der Waals surface area contributed by atoms with Crippen molar-refractivity contribution in [1.29, 1.82) is 0 Å². The molecular weight excluding hydrogens is 306 g/mol. The van der Waals surface area contributed by atoms with E-state index in [1.165, 1.54) is 0 Å². The van der Waals surface area contributed by atoms with Crippen LogP contribution in [0.15, 0.2) is 27.2 Å². The molecule has 0 amide bonds. The predicted octanol–water partition coefficient (Wildman–Crippen LogP) is 3.33. The summed E-state index contributed by atoms with van der Waals surface area (Å²) in [5.74, 6) is 1.81. The fourth-order valence-electron chi connectivity index (χ4n) is 1.83. The fourth-order valence-corrected chi connectivity index (χ4v) is 2.31. The second-order valence-corrected chi connectivity index (χ2v) is 5.77. The van der Waals surface area contributed by atoms with Gasteiger partial charge in [-0.1, -0.05) is 28.0 Å². The van der Waals surface area contributed by atoms with Gasteiger partial charge in [-0.25, -0.2) is 0 Å². The van der Waals surface area contributed by atoms with Crippen molar-refractivity contribution < 1.29 is 4.52 Å². The van der Waals surface area contributed by atoms with E-state index < -0.39 is 0 Å². The van der Waals surface area contributed by atoms with Crippen molar-refractivity contribution in [3.05, 3.63) is 34.1 Å². The van der Waals surface area contributed by atoms with Crippen LogP contribution < -0.4 is 5.73 Å². The molecule has 0 bridgehead atoms.